The van der Waals surface area contributed by atoms with E-state index in [2.05, 4.69) is 33.2 Å². The van der Waals surface area contributed by atoms with Crippen LogP contribution in [0.2, 0.25) is 0 Å². The van der Waals surface area contributed by atoms with Crippen LogP contribution in [0, 0.1) is 0 Å². The summed E-state index contributed by atoms with van der Waals surface area (Å²) in [5, 5.41) is 3.42. The fourth-order valence-electron chi connectivity index (χ4n) is 2.91. The molecule has 4 nitrogen and oxygen atoms in total. The molecule has 0 radical (unpaired) electrons. The summed E-state index contributed by atoms with van der Waals surface area (Å²) in [6.07, 6.45) is 6.91. The molecule has 0 bridgehead atoms. The van der Waals surface area contributed by atoms with Crippen LogP contribution in [0.25, 0.3) is 0 Å². The topological polar surface area (TPSA) is 51.2 Å². The molecule has 1 aromatic carbocycles. The third kappa shape index (κ3) is 3.21. The number of esters is 1. The van der Waals surface area contributed by atoms with Crippen LogP contribution in [-0.4, -0.2) is 18.1 Å². The van der Waals surface area contributed by atoms with Gasteiger partial charge in [0.25, 0.3) is 0 Å². The van der Waals surface area contributed by atoms with Crippen molar-refractivity contribution in [2.45, 2.75) is 37.5 Å². The van der Waals surface area contributed by atoms with Gasteiger partial charge in [-0.15, -0.1) is 0 Å². The van der Waals surface area contributed by atoms with E-state index >= 15 is 0 Å². The van der Waals surface area contributed by atoms with E-state index in [0.29, 0.717) is 5.69 Å². The molecular weight excluding hydrogens is 288 g/mol. The summed E-state index contributed by atoms with van der Waals surface area (Å²) in [7, 11) is 1.36. The highest BCUT2D eigenvalue weighted by atomic mass is 16.5. The Morgan fingerprint density at radius 1 is 1.04 bits per heavy atom. The van der Waals surface area contributed by atoms with Crippen molar-refractivity contribution in [1.82, 2.24) is 4.98 Å². The minimum absolute atomic E-state index is 0.323. The molecule has 4 rings (SSSR count). The van der Waals surface area contributed by atoms with Gasteiger partial charge >= 0.3 is 5.97 Å². The average Bonchev–Trinajstić information content (AvgIpc) is 3.47. The van der Waals surface area contributed by atoms with Gasteiger partial charge in [0.2, 0.25) is 0 Å². The normalized spacial score (nSPS) is 16.9. The second-order valence-electron chi connectivity index (χ2n) is 6.49. The van der Waals surface area contributed by atoms with Gasteiger partial charge in [-0.05, 0) is 72.9 Å². The van der Waals surface area contributed by atoms with Crippen molar-refractivity contribution in [2.75, 3.05) is 12.4 Å². The van der Waals surface area contributed by atoms with E-state index in [1.165, 1.54) is 43.9 Å². The van der Waals surface area contributed by atoms with Gasteiger partial charge in [0.15, 0.2) is 0 Å². The smallest absolute Gasteiger partial charge is 0.356 e. The van der Waals surface area contributed by atoms with Gasteiger partial charge < -0.3 is 10.1 Å². The third-order valence-electron chi connectivity index (χ3n) is 4.52. The molecule has 4 heteroatoms. The summed E-state index contributed by atoms with van der Waals surface area (Å²) in [6, 6.07) is 10.4. The van der Waals surface area contributed by atoms with Crippen molar-refractivity contribution in [3.63, 3.8) is 0 Å². The molecule has 0 saturated heterocycles. The molecule has 2 aliphatic rings. The van der Waals surface area contributed by atoms with Crippen molar-refractivity contribution in [2.24, 2.45) is 0 Å². The largest absolute Gasteiger partial charge is 0.464 e. The van der Waals surface area contributed by atoms with Crippen LogP contribution < -0.4 is 5.32 Å². The molecule has 2 aromatic rings. The van der Waals surface area contributed by atoms with Crippen molar-refractivity contribution in [1.29, 1.82) is 0 Å². The number of carbonyl (C=O) groups excluding carboxylic acids is 1. The van der Waals surface area contributed by atoms with E-state index in [-0.39, 0.29) is 0 Å². The molecule has 0 spiro atoms. The molecule has 1 N–H and O–H groups in total. The average molecular weight is 308 g/mol. The van der Waals surface area contributed by atoms with Crippen molar-refractivity contribution in [3.8, 4) is 0 Å². The highest BCUT2D eigenvalue weighted by Gasteiger charge is 2.28. The molecule has 0 amide bonds. The van der Waals surface area contributed by atoms with Crippen molar-refractivity contribution < 1.29 is 9.53 Å². The van der Waals surface area contributed by atoms with Crippen molar-refractivity contribution >= 4 is 17.3 Å². The fourth-order valence-corrected chi connectivity index (χ4v) is 2.91. The Balaban J connectivity index is 1.56. The van der Waals surface area contributed by atoms with E-state index in [1.807, 2.05) is 6.07 Å². The Labute approximate surface area is 135 Å². The van der Waals surface area contributed by atoms with E-state index in [9.17, 15) is 4.79 Å². The second kappa shape index (κ2) is 5.69. The number of anilines is 2. The summed E-state index contributed by atoms with van der Waals surface area (Å²) in [5.41, 5.74) is 5.23. The molecular formula is C19H20N2O2. The maximum Gasteiger partial charge on any atom is 0.356 e. The van der Waals surface area contributed by atoms with Gasteiger partial charge in [-0.2, -0.15) is 0 Å². The molecule has 1 heterocycles. The molecule has 1 aromatic heterocycles. The van der Waals surface area contributed by atoms with Crippen LogP contribution >= 0.6 is 0 Å². The number of aromatic nitrogens is 1. The van der Waals surface area contributed by atoms with Gasteiger partial charge in [0, 0.05) is 5.69 Å². The number of methoxy groups -OCH3 is 1. The lowest BCUT2D eigenvalue weighted by Crippen LogP contribution is -2.04. The number of benzene rings is 1. The van der Waals surface area contributed by atoms with Crippen molar-refractivity contribution in [3.05, 3.63) is 53.3 Å². The van der Waals surface area contributed by atoms with Gasteiger partial charge in [0.1, 0.15) is 5.69 Å². The van der Waals surface area contributed by atoms with Crippen LogP contribution in [-0.2, 0) is 4.74 Å². The molecule has 2 fully saturated rings. The summed E-state index contributed by atoms with van der Waals surface area (Å²) in [5.74, 6) is 1.08. The monoisotopic (exact) mass is 308 g/mol. The first-order chi connectivity index (χ1) is 11.2. The molecule has 23 heavy (non-hydrogen) atoms. The Morgan fingerprint density at radius 3 is 2.17 bits per heavy atom. The minimum Gasteiger partial charge on any atom is -0.464 e. The van der Waals surface area contributed by atoms with Crippen LogP contribution in [0.5, 0.6) is 0 Å². The SMILES string of the molecule is COC(=O)c1ccc(Nc2cc(C3CC3)cc(C3CC3)c2)cn1. The Morgan fingerprint density at radius 2 is 1.70 bits per heavy atom. The predicted molar refractivity (Wildman–Crippen MR) is 89.3 cm³/mol. The Hall–Kier alpha value is -2.36. The lowest BCUT2D eigenvalue weighted by atomic mass is 10.0. The maximum atomic E-state index is 11.4. The lowest BCUT2D eigenvalue weighted by Gasteiger charge is -2.11. The first kappa shape index (κ1) is 14.2. The standard InChI is InChI=1S/C19H20N2O2/c1-23-19(22)18-7-6-16(11-20-18)21-17-9-14(12-2-3-12)8-15(10-17)13-4-5-13/h6-13,21H,2-5H2,1H3. The Bertz CT molecular complexity index is 701. The zero-order chi connectivity index (χ0) is 15.8. The molecule has 118 valence electrons. The van der Waals surface area contributed by atoms with Gasteiger partial charge in [-0.3, -0.25) is 0 Å². The van der Waals surface area contributed by atoms with Gasteiger partial charge in [-0.25, -0.2) is 9.78 Å². The number of nitrogens with one attached hydrogen (secondary N) is 1. The maximum absolute atomic E-state index is 11.4. The minimum atomic E-state index is -0.414. The van der Waals surface area contributed by atoms with E-state index < -0.39 is 5.97 Å². The summed E-state index contributed by atoms with van der Waals surface area (Å²) < 4.78 is 4.67. The zero-order valence-corrected chi connectivity index (χ0v) is 13.2. The van der Waals surface area contributed by atoms with Gasteiger partial charge in [-0.1, -0.05) is 6.07 Å². The number of carbonyl (C=O) groups is 1. The van der Waals surface area contributed by atoms with Crippen LogP contribution in [0.4, 0.5) is 11.4 Å². The zero-order valence-electron chi connectivity index (χ0n) is 13.2. The lowest BCUT2D eigenvalue weighted by molar-refractivity contribution is 0.0594. The first-order valence-electron chi connectivity index (χ1n) is 8.19. The highest BCUT2D eigenvalue weighted by Crippen LogP contribution is 2.46. The number of ether oxygens (including phenoxy) is 1. The number of pyridine rings is 1. The summed E-state index contributed by atoms with van der Waals surface area (Å²) >= 11 is 0. The highest BCUT2D eigenvalue weighted by molar-refractivity contribution is 5.87. The molecule has 0 unspecified atom stereocenters. The molecule has 2 saturated carbocycles. The van der Waals surface area contributed by atoms with Crippen LogP contribution in [0.15, 0.2) is 36.5 Å². The van der Waals surface area contributed by atoms with Gasteiger partial charge in [0.05, 0.1) is 19.0 Å². The quantitative estimate of drug-likeness (QED) is 0.833. The third-order valence-corrected chi connectivity index (χ3v) is 4.52. The van der Waals surface area contributed by atoms with E-state index in [4.69, 9.17) is 0 Å². The molecule has 2 aliphatic carbocycles. The molecule has 0 aliphatic heterocycles. The van der Waals surface area contributed by atoms with E-state index in [0.717, 1.165) is 23.2 Å². The predicted octanol–water partition coefficient (Wildman–Crippen LogP) is 4.37. The Kier molecular flexibility index (Phi) is 3.52. The summed E-state index contributed by atoms with van der Waals surface area (Å²) in [6.45, 7) is 0. The number of rotatable bonds is 5. The van der Waals surface area contributed by atoms with Crippen LogP contribution in [0.1, 0.15) is 59.1 Å². The summed E-state index contributed by atoms with van der Waals surface area (Å²) in [4.78, 5) is 15.6. The number of hydrogen-bond acceptors (Lipinski definition) is 4. The number of nitrogens with zero attached hydrogens (tertiary/aromatic N) is 1. The second-order valence-corrected chi connectivity index (χ2v) is 6.49. The van der Waals surface area contributed by atoms with E-state index in [1.54, 1.807) is 12.3 Å². The molecule has 0 atom stereocenters. The number of hydrogen-bond donors (Lipinski definition) is 1. The fraction of sp³-hybridized carbons (Fsp3) is 0.368. The first-order valence-corrected chi connectivity index (χ1v) is 8.19. The van der Waals surface area contributed by atoms with Crippen LogP contribution in [0.3, 0.4) is 0 Å².